The summed E-state index contributed by atoms with van der Waals surface area (Å²) in [6.45, 7) is 3.80. The lowest BCUT2D eigenvalue weighted by Crippen LogP contribution is -2.43. The fraction of sp³-hybridized carbons (Fsp3) is 0.292. The molecule has 1 saturated heterocycles. The van der Waals surface area contributed by atoms with Crippen molar-refractivity contribution in [3.05, 3.63) is 88.0 Å². The van der Waals surface area contributed by atoms with E-state index >= 15 is 0 Å². The zero-order valence-electron chi connectivity index (χ0n) is 17.4. The molecule has 0 bridgehead atoms. The molecule has 4 rings (SSSR count). The number of aromatic nitrogens is 2. The van der Waals surface area contributed by atoms with Crippen molar-refractivity contribution in [1.29, 1.82) is 0 Å². The monoisotopic (exact) mass is 420 g/mol. The molecule has 1 aromatic heterocycles. The molecule has 1 fully saturated rings. The highest BCUT2D eigenvalue weighted by atomic mass is 19.1. The highest BCUT2D eigenvalue weighted by Crippen LogP contribution is 2.22. The van der Waals surface area contributed by atoms with Crippen LogP contribution in [-0.2, 0) is 11.3 Å². The number of carbonyl (C=O) groups is 1. The molecule has 0 spiro atoms. The molecule has 0 aliphatic carbocycles. The average molecular weight is 420 g/mol. The average Bonchev–Trinajstić information content (AvgIpc) is 2.78. The van der Waals surface area contributed by atoms with Gasteiger partial charge < -0.3 is 10.2 Å². The molecule has 7 heteroatoms. The summed E-state index contributed by atoms with van der Waals surface area (Å²) in [5.74, 6) is 0.0273. The van der Waals surface area contributed by atoms with Crippen LogP contribution in [0.4, 0.5) is 10.2 Å². The fourth-order valence-corrected chi connectivity index (χ4v) is 3.92. The largest absolute Gasteiger partial charge is 0.354 e. The third-order valence-electron chi connectivity index (χ3n) is 5.50. The number of rotatable bonds is 5. The van der Waals surface area contributed by atoms with E-state index in [1.807, 2.05) is 30.0 Å². The van der Waals surface area contributed by atoms with Gasteiger partial charge in [-0.2, -0.15) is 4.68 Å². The van der Waals surface area contributed by atoms with Crippen molar-refractivity contribution in [2.45, 2.75) is 26.3 Å². The minimum atomic E-state index is -0.431. The SMILES string of the molecule is Cc1cccc(CNC(=O)[C@H]2CCCN(c3ccc(=O)n(-c4cccc(F)c4)n3)C2)c1. The molecule has 3 aromatic rings. The second-order valence-electron chi connectivity index (χ2n) is 7.91. The first kappa shape index (κ1) is 20.8. The molecular weight excluding hydrogens is 395 g/mol. The topological polar surface area (TPSA) is 67.2 Å². The zero-order chi connectivity index (χ0) is 21.8. The van der Waals surface area contributed by atoms with Crippen molar-refractivity contribution >= 4 is 11.7 Å². The molecule has 160 valence electrons. The quantitative estimate of drug-likeness (QED) is 0.688. The third-order valence-corrected chi connectivity index (χ3v) is 5.50. The van der Waals surface area contributed by atoms with Crippen molar-refractivity contribution < 1.29 is 9.18 Å². The molecule has 2 aromatic carbocycles. The van der Waals surface area contributed by atoms with E-state index in [2.05, 4.69) is 16.5 Å². The molecule has 1 aliphatic rings. The third kappa shape index (κ3) is 4.99. The van der Waals surface area contributed by atoms with Gasteiger partial charge >= 0.3 is 0 Å². The highest BCUT2D eigenvalue weighted by Gasteiger charge is 2.26. The van der Waals surface area contributed by atoms with Gasteiger partial charge in [0, 0.05) is 25.7 Å². The van der Waals surface area contributed by atoms with Gasteiger partial charge in [-0.05, 0) is 49.6 Å². The fourth-order valence-electron chi connectivity index (χ4n) is 3.92. The van der Waals surface area contributed by atoms with Crippen LogP contribution < -0.4 is 15.8 Å². The second-order valence-corrected chi connectivity index (χ2v) is 7.91. The van der Waals surface area contributed by atoms with E-state index in [-0.39, 0.29) is 17.4 Å². The lowest BCUT2D eigenvalue weighted by atomic mass is 9.97. The summed E-state index contributed by atoms with van der Waals surface area (Å²) in [5.41, 5.74) is 2.27. The van der Waals surface area contributed by atoms with Gasteiger partial charge in [0.15, 0.2) is 0 Å². The van der Waals surface area contributed by atoms with Gasteiger partial charge in [0.05, 0.1) is 11.6 Å². The van der Waals surface area contributed by atoms with E-state index in [1.165, 1.54) is 22.9 Å². The van der Waals surface area contributed by atoms with Crippen LogP contribution in [0.5, 0.6) is 0 Å². The number of piperidine rings is 1. The number of nitrogens with one attached hydrogen (secondary N) is 1. The van der Waals surface area contributed by atoms with Crippen LogP contribution in [0.1, 0.15) is 24.0 Å². The highest BCUT2D eigenvalue weighted by molar-refractivity contribution is 5.79. The van der Waals surface area contributed by atoms with Gasteiger partial charge in [0.25, 0.3) is 5.56 Å². The Morgan fingerprint density at radius 1 is 1.16 bits per heavy atom. The number of hydrogen-bond acceptors (Lipinski definition) is 4. The Bertz CT molecular complexity index is 1140. The van der Waals surface area contributed by atoms with Crippen LogP contribution >= 0.6 is 0 Å². The maximum absolute atomic E-state index is 13.6. The zero-order valence-corrected chi connectivity index (χ0v) is 17.4. The van der Waals surface area contributed by atoms with E-state index in [0.29, 0.717) is 24.6 Å². The number of benzene rings is 2. The predicted molar refractivity (Wildman–Crippen MR) is 118 cm³/mol. The summed E-state index contributed by atoms with van der Waals surface area (Å²) in [5, 5.41) is 7.47. The Hall–Kier alpha value is -3.48. The van der Waals surface area contributed by atoms with Gasteiger partial charge in [0.1, 0.15) is 11.6 Å². The summed E-state index contributed by atoms with van der Waals surface area (Å²) < 4.78 is 14.8. The lowest BCUT2D eigenvalue weighted by molar-refractivity contribution is -0.125. The minimum absolute atomic E-state index is 0.0182. The number of carbonyl (C=O) groups excluding carboxylic acids is 1. The Balaban J connectivity index is 1.46. The first-order valence-corrected chi connectivity index (χ1v) is 10.4. The summed E-state index contributed by atoms with van der Waals surface area (Å²) in [6, 6.07) is 16.9. The van der Waals surface area contributed by atoms with Gasteiger partial charge in [-0.15, -0.1) is 5.10 Å². The van der Waals surface area contributed by atoms with E-state index < -0.39 is 5.82 Å². The van der Waals surface area contributed by atoms with E-state index in [4.69, 9.17) is 0 Å². The minimum Gasteiger partial charge on any atom is -0.354 e. The number of hydrogen-bond donors (Lipinski definition) is 1. The van der Waals surface area contributed by atoms with Gasteiger partial charge in [-0.25, -0.2) is 4.39 Å². The van der Waals surface area contributed by atoms with Crippen LogP contribution in [0.3, 0.4) is 0 Å². The molecule has 2 heterocycles. The Labute approximate surface area is 180 Å². The molecule has 1 aliphatic heterocycles. The number of amides is 1. The van der Waals surface area contributed by atoms with Crippen molar-refractivity contribution in [2.24, 2.45) is 5.92 Å². The summed E-state index contributed by atoms with van der Waals surface area (Å²) >= 11 is 0. The van der Waals surface area contributed by atoms with E-state index in [1.54, 1.807) is 18.2 Å². The summed E-state index contributed by atoms with van der Waals surface area (Å²) in [6.07, 6.45) is 1.66. The van der Waals surface area contributed by atoms with Crippen LogP contribution in [0, 0.1) is 18.7 Å². The maximum atomic E-state index is 13.6. The van der Waals surface area contributed by atoms with Crippen molar-refractivity contribution in [3.63, 3.8) is 0 Å². The first-order valence-electron chi connectivity index (χ1n) is 10.4. The molecule has 31 heavy (non-hydrogen) atoms. The van der Waals surface area contributed by atoms with Gasteiger partial charge in [0.2, 0.25) is 5.91 Å². The molecule has 1 amide bonds. The molecule has 1 N–H and O–H groups in total. The predicted octanol–water partition coefficient (Wildman–Crippen LogP) is 3.21. The lowest BCUT2D eigenvalue weighted by Gasteiger charge is -2.33. The normalized spacial score (nSPS) is 16.2. The Morgan fingerprint density at radius 2 is 2.00 bits per heavy atom. The number of halogens is 1. The Kier molecular flexibility index (Phi) is 6.11. The van der Waals surface area contributed by atoms with Crippen LogP contribution in [0.25, 0.3) is 5.69 Å². The molecular formula is C24H25FN4O2. The van der Waals surface area contributed by atoms with E-state index in [9.17, 15) is 14.0 Å². The number of anilines is 1. The smallest absolute Gasteiger partial charge is 0.271 e. The number of aryl methyl sites for hydroxylation is 1. The second kappa shape index (κ2) is 9.12. The van der Waals surface area contributed by atoms with Gasteiger partial charge in [-0.1, -0.05) is 35.9 Å². The molecule has 1 atom stereocenters. The Morgan fingerprint density at radius 3 is 2.81 bits per heavy atom. The molecule has 0 unspecified atom stereocenters. The van der Waals surface area contributed by atoms with Crippen LogP contribution in [-0.4, -0.2) is 28.8 Å². The van der Waals surface area contributed by atoms with Crippen molar-refractivity contribution in [1.82, 2.24) is 15.1 Å². The summed E-state index contributed by atoms with van der Waals surface area (Å²) in [7, 11) is 0. The van der Waals surface area contributed by atoms with E-state index in [0.717, 1.165) is 30.5 Å². The van der Waals surface area contributed by atoms with Gasteiger partial charge in [-0.3, -0.25) is 9.59 Å². The van der Waals surface area contributed by atoms with Crippen LogP contribution in [0.15, 0.2) is 65.5 Å². The first-order chi connectivity index (χ1) is 15.0. The van der Waals surface area contributed by atoms with Crippen molar-refractivity contribution in [2.75, 3.05) is 18.0 Å². The summed E-state index contributed by atoms with van der Waals surface area (Å²) in [4.78, 5) is 27.0. The van der Waals surface area contributed by atoms with Crippen molar-refractivity contribution in [3.8, 4) is 5.69 Å². The standard InChI is InChI=1S/C24H25FN4O2/c1-17-5-2-6-18(13-17)15-26-24(31)19-7-4-12-28(16-19)22-10-11-23(30)29(27-22)21-9-3-8-20(25)14-21/h2-3,5-6,8-11,13-14,19H,4,7,12,15-16H2,1H3,(H,26,31)/t19-/m0/s1. The maximum Gasteiger partial charge on any atom is 0.271 e. The molecule has 0 radical (unpaired) electrons. The van der Waals surface area contributed by atoms with Crippen LogP contribution in [0.2, 0.25) is 0 Å². The molecule has 0 saturated carbocycles. The number of nitrogens with zero attached hydrogens (tertiary/aromatic N) is 3. The molecule has 6 nitrogen and oxygen atoms in total.